The van der Waals surface area contributed by atoms with Gasteiger partial charge >= 0.3 is 0 Å². The van der Waals surface area contributed by atoms with Gasteiger partial charge in [0, 0.05) is 43.4 Å². The molecule has 25 heavy (non-hydrogen) atoms. The monoisotopic (exact) mass is 351 g/mol. The number of carbonyl (C=O) groups is 1. The maximum atomic E-state index is 12.3. The number of benzene rings is 1. The van der Waals surface area contributed by atoms with Crippen molar-refractivity contribution >= 4 is 11.6 Å². The molecule has 0 saturated carbocycles. The van der Waals surface area contributed by atoms with Crippen molar-refractivity contribution in [3.05, 3.63) is 12.1 Å². The molecule has 2 rings (SSSR count). The number of carbonyl (C=O) groups excluding carboxylic acids is 1. The molecule has 0 radical (unpaired) electrons. The summed E-state index contributed by atoms with van der Waals surface area (Å²) in [4.78, 5) is 14.6. The molecule has 7 heteroatoms. The van der Waals surface area contributed by atoms with Crippen LogP contribution in [0.15, 0.2) is 12.1 Å². The Bertz CT molecular complexity index is 554. The zero-order chi connectivity index (χ0) is 18.2. The number of nitrogens with zero attached hydrogens (tertiary/aromatic N) is 1. The molecule has 1 aliphatic heterocycles. The number of likely N-dealkylation sites (tertiary alicyclic amines) is 1. The number of piperidine rings is 1. The van der Waals surface area contributed by atoms with Crippen molar-refractivity contribution in [3.63, 3.8) is 0 Å². The SMILES string of the molecule is CNC1CCCN(CCC(=O)Nc2cc(OC)c(OC)c(OC)c2)C1. The average Bonchev–Trinajstić information content (AvgIpc) is 2.65. The van der Waals surface area contributed by atoms with Crippen LogP contribution in [0, 0.1) is 0 Å². The minimum Gasteiger partial charge on any atom is -0.493 e. The molecule has 1 atom stereocenters. The first-order valence-corrected chi connectivity index (χ1v) is 8.60. The Labute approximate surface area is 149 Å². The van der Waals surface area contributed by atoms with E-state index < -0.39 is 0 Å². The quantitative estimate of drug-likeness (QED) is 0.743. The van der Waals surface area contributed by atoms with Crippen LogP contribution in [0.25, 0.3) is 0 Å². The van der Waals surface area contributed by atoms with Crippen molar-refractivity contribution in [2.75, 3.05) is 53.3 Å². The lowest BCUT2D eigenvalue weighted by Crippen LogP contribution is -2.45. The second-order valence-corrected chi connectivity index (χ2v) is 6.14. The van der Waals surface area contributed by atoms with Gasteiger partial charge in [-0.25, -0.2) is 0 Å². The fourth-order valence-corrected chi connectivity index (χ4v) is 3.13. The first-order chi connectivity index (χ1) is 12.1. The van der Waals surface area contributed by atoms with Gasteiger partial charge in [0.05, 0.1) is 21.3 Å². The molecule has 140 valence electrons. The second-order valence-electron chi connectivity index (χ2n) is 6.14. The van der Waals surface area contributed by atoms with E-state index >= 15 is 0 Å². The van der Waals surface area contributed by atoms with Crippen LogP contribution in [0.3, 0.4) is 0 Å². The topological polar surface area (TPSA) is 72.1 Å². The first-order valence-electron chi connectivity index (χ1n) is 8.60. The number of likely N-dealkylation sites (N-methyl/N-ethyl adjacent to an activating group) is 1. The van der Waals surface area contributed by atoms with Gasteiger partial charge in [-0.2, -0.15) is 0 Å². The summed E-state index contributed by atoms with van der Waals surface area (Å²) in [7, 11) is 6.65. The number of methoxy groups -OCH3 is 3. The molecule has 1 fully saturated rings. The molecule has 0 spiro atoms. The van der Waals surface area contributed by atoms with E-state index in [2.05, 4.69) is 15.5 Å². The Morgan fingerprint density at radius 3 is 2.44 bits per heavy atom. The standard InChI is InChI=1S/C18H29N3O4/c1-19-13-6-5-8-21(12-13)9-7-17(22)20-14-10-15(23-2)18(25-4)16(11-14)24-3/h10-11,13,19H,5-9,12H2,1-4H3,(H,20,22). The van der Waals surface area contributed by atoms with Gasteiger partial charge in [-0.15, -0.1) is 0 Å². The second kappa shape index (κ2) is 9.48. The van der Waals surface area contributed by atoms with Crippen molar-refractivity contribution < 1.29 is 19.0 Å². The largest absolute Gasteiger partial charge is 0.493 e. The minimum absolute atomic E-state index is 0.0270. The van der Waals surface area contributed by atoms with E-state index in [4.69, 9.17) is 14.2 Å². The third kappa shape index (κ3) is 5.24. The zero-order valence-corrected chi connectivity index (χ0v) is 15.6. The molecule has 0 aliphatic carbocycles. The van der Waals surface area contributed by atoms with Crippen LogP contribution >= 0.6 is 0 Å². The number of hydrogen-bond donors (Lipinski definition) is 2. The van der Waals surface area contributed by atoms with Crippen LogP contribution < -0.4 is 24.8 Å². The number of amides is 1. The summed E-state index contributed by atoms with van der Waals surface area (Å²) < 4.78 is 15.9. The van der Waals surface area contributed by atoms with E-state index in [-0.39, 0.29) is 5.91 Å². The van der Waals surface area contributed by atoms with Crippen LogP contribution in [0.5, 0.6) is 17.2 Å². The number of hydrogen-bond acceptors (Lipinski definition) is 6. The first kappa shape index (κ1) is 19.3. The third-order valence-corrected chi connectivity index (χ3v) is 4.52. The highest BCUT2D eigenvalue weighted by molar-refractivity contribution is 5.91. The van der Waals surface area contributed by atoms with Crippen molar-refractivity contribution in [1.29, 1.82) is 0 Å². The predicted octanol–water partition coefficient (Wildman–Crippen LogP) is 1.72. The Balaban J connectivity index is 1.93. The maximum absolute atomic E-state index is 12.3. The van der Waals surface area contributed by atoms with Gasteiger partial charge in [0.25, 0.3) is 0 Å². The fourth-order valence-electron chi connectivity index (χ4n) is 3.13. The number of anilines is 1. The molecule has 1 heterocycles. The molecular formula is C18H29N3O4. The maximum Gasteiger partial charge on any atom is 0.225 e. The summed E-state index contributed by atoms with van der Waals surface area (Å²) in [6.45, 7) is 2.80. The van der Waals surface area contributed by atoms with Crippen LogP contribution in [-0.2, 0) is 4.79 Å². The summed E-state index contributed by atoms with van der Waals surface area (Å²) in [5, 5.41) is 6.23. The molecular weight excluding hydrogens is 322 g/mol. The summed E-state index contributed by atoms with van der Waals surface area (Å²) in [6, 6.07) is 3.99. The fraction of sp³-hybridized carbons (Fsp3) is 0.611. The van der Waals surface area contributed by atoms with Gasteiger partial charge < -0.3 is 29.7 Å². The Kier molecular flexibility index (Phi) is 7.33. The molecule has 1 aromatic rings. The third-order valence-electron chi connectivity index (χ3n) is 4.52. The van der Waals surface area contributed by atoms with Gasteiger partial charge in [0.2, 0.25) is 11.7 Å². The Morgan fingerprint density at radius 2 is 1.88 bits per heavy atom. The van der Waals surface area contributed by atoms with Gasteiger partial charge in [0.15, 0.2) is 11.5 Å². The normalized spacial score (nSPS) is 17.8. The molecule has 1 aromatic carbocycles. The van der Waals surface area contributed by atoms with E-state index in [0.717, 1.165) is 19.6 Å². The molecule has 1 unspecified atom stereocenters. The summed E-state index contributed by atoms with van der Waals surface area (Å²) in [6.07, 6.45) is 2.82. The molecule has 1 amide bonds. The van der Waals surface area contributed by atoms with Crippen molar-refractivity contribution in [2.45, 2.75) is 25.3 Å². The van der Waals surface area contributed by atoms with E-state index in [1.165, 1.54) is 12.8 Å². The molecule has 1 saturated heterocycles. The van der Waals surface area contributed by atoms with Crippen LogP contribution in [-0.4, -0.2) is 64.9 Å². The smallest absolute Gasteiger partial charge is 0.225 e. The molecule has 0 bridgehead atoms. The van der Waals surface area contributed by atoms with E-state index in [9.17, 15) is 4.79 Å². The predicted molar refractivity (Wildman–Crippen MR) is 97.9 cm³/mol. The summed E-state index contributed by atoms with van der Waals surface area (Å²) in [5.41, 5.74) is 0.631. The molecule has 0 aromatic heterocycles. The highest BCUT2D eigenvalue weighted by Crippen LogP contribution is 2.39. The number of ether oxygens (including phenoxy) is 3. The lowest BCUT2D eigenvalue weighted by Gasteiger charge is -2.32. The zero-order valence-electron chi connectivity index (χ0n) is 15.6. The molecule has 7 nitrogen and oxygen atoms in total. The lowest BCUT2D eigenvalue weighted by atomic mass is 10.1. The van der Waals surface area contributed by atoms with Gasteiger partial charge in [-0.05, 0) is 26.4 Å². The van der Waals surface area contributed by atoms with Crippen molar-refractivity contribution in [2.24, 2.45) is 0 Å². The van der Waals surface area contributed by atoms with E-state index in [1.807, 2.05) is 7.05 Å². The number of nitrogens with one attached hydrogen (secondary N) is 2. The molecule has 2 N–H and O–H groups in total. The Hall–Kier alpha value is -1.99. The van der Waals surface area contributed by atoms with Gasteiger partial charge in [-0.1, -0.05) is 0 Å². The van der Waals surface area contributed by atoms with Crippen molar-refractivity contribution in [3.8, 4) is 17.2 Å². The highest BCUT2D eigenvalue weighted by Gasteiger charge is 2.19. The van der Waals surface area contributed by atoms with Crippen LogP contribution in [0.1, 0.15) is 19.3 Å². The van der Waals surface area contributed by atoms with Gasteiger partial charge in [0.1, 0.15) is 0 Å². The van der Waals surface area contributed by atoms with E-state index in [0.29, 0.717) is 35.4 Å². The summed E-state index contributed by atoms with van der Waals surface area (Å²) >= 11 is 0. The van der Waals surface area contributed by atoms with Gasteiger partial charge in [-0.3, -0.25) is 4.79 Å². The van der Waals surface area contributed by atoms with Crippen LogP contribution in [0.2, 0.25) is 0 Å². The van der Waals surface area contributed by atoms with Crippen molar-refractivity contribution in [1.82, 2.24) is 10.2 Å². The Morgan fingerprint density at radius 1 is 1.20 bits per heavy atom. The van der Waals surface area contributed by atoms with E-state index in [1.54, 1.807) is 33.5 Å². The lowest BCUT2D eigenvalue weighted by molar-refractivity contribution is -0.116. The summed E-state index contributed by atoms with van der Waals surface area (Å²) in [5.74, 6) is 1.52. The molecule has 1 aliphatic rings. The minimum atomic E-state index is -0.0270. The highest BCUT2D eigenvalue weighted by atomic mass is 16.5. The average molecular weight is 351 g/mol. The number of rotatable bonds is 8. The van der Waals surface area contributed by atoms with Crippen LogP contribution in [0.4, 0.5) is 5.69 Å².